The molecule has 2 aromatic carbocycles. The number of rotatable bonds is 9. The van der Waals surface area contributed by atoms with Crippen LogP contribution in [0.3, 0.4) is 0 Å². The van der Waals surface area contributed by atoms with Gasteiger partial charge in [0.2, 0.25) is 0 Å². The molecule has 0 radical (unpaired) electrons. The number of fused-ring (bicyclic) bond motifs is 2. The zero-order valence-corrected chi connectivity index (χ0v) is 18.2. The van der Waals surface area contributed by atoms with Crippen molar-refractivity contribution >= 4 is 21.9 Å². The summed E-state index contributed by atoms with van der Waals surface area (Å²) in [6.45, 7) is 1.49. The fourth-order valence-electron chi connectivity index (χ4n) is 3.50. The summed E-state index contributed by atoms with van der Waals surface area (Å²) in [5.41, 5.74) is 0.903. The molecule has 0 aliphatic rings. The molecule has 0 N–H and O–H groups in total. The second kappa shape index (κ2) is 9.62. The number of aromatic nitrogens is 3. The van der Waals surface area contributed by atoms with Gasteiger partial charge >= 0.3 is 11.3 Å². The number of nitrogens with zero attached hydrogens (tertiary/aromatic N) is 3. The molecule has 3 aromatic heterocycles. The first-order valence-corrected chi connectivity index (χ1v) is 10.8. The third kappa shape index (κ3) is 5.15. The summed E-state index contributed by atoms with van der Waals surface area (Å²) >= 11 is 0. The SMILES string of the molecule is O=c1ccc2ccc(OCCCCn3cc(COc4ccc5ccc(=O)oc5c4)nn3)cc2o1. The fourth-order valence-corrected chi connectivity index (χ4v) is 3.50. The minimum atomic E-state index is -0.399. The van der Waals surface area contributed by atoms with Crippen molar-refractivity contribution in [3.63, 3.8) is 0 Å². The van der Waals surface area contributed by atoms with E-state index in [9.17, 15) is 9.59 Å². The summed E-state index contributed by atoms with van der Waals surface area (Å²) < 4.78 is 23.7. The van der Waals surface area contributed by atoms with Gasteiger partial charge in [0.1, 0.15) is 35.0 Å². The van der Waals surface area contributed by atoms with Gasteiger partial charge in [-0.25, -0.2) is 9.59 Å². The zero-order valence-electron chi connectivity index (χ0n) is 18.2. The monoisotopic (exact) mass is 459 g/mol. The fraction of sp³-hybridized carbons (Fsp3) is 0.200. The maximum absolute atomic E-state index is 11.4. The molecule has 9 nitrogen and oxygen atoms in total. The van der Waals surface area contributed by atoms with Gasteiger partial charge in [0.25, 0.3) is 0 Å². The Hall–Kier alpha value is -4.40. The Morgan fingerprint density at radius 1 is 0.765 bits per heavy atom. The Kier molecular flexibility index (Phi) is 6.07. The summed E-state index contributed by atoms with van der Waals surface area (Å²) in [5.74, 6) is 1.25. The highest BCUT2D eigenvalue weighted by atomic mass is 16.5. The van der Waals surface area contributed by atoms with Crippen LogP contribution in [-0.4, -0.2) is 21.6 Å². The lowest BCUT2D eigenvalue weighted by molar-refractivity contribution is 0.300. The van der Waals surface area contributed by atoms with Crippen LogP contribution >= 0.6 is 0 Å². The molecule has 0 saturated carbocycles. The van der Waals surface area contributed by atoms with Crippen molar-refractivity contribution in [1.82, 2.24) is 15.0 Å². The molecule has 0 amide bonds. The van der Waals surface area contributed by atoms with Crippen LogP contribution in [0.1, 0.15) is 18.5 Å². The molecular formula is C25H21N3O6. The second-order valence-electron chi connectivity index (χ2n) is 7.73. The van der Waals surface area contributed by atoms with Crippen molar-refractivity contribution in [3.8, 4) is 11.5 Å². The highest BCUT2D eigenvalue weighted by Gasteiger charge is 2.05. The van der Waals surface area contributed by atoms with E-state index in [2.05, 4.69) is 10.3 Å². The van der Waals surface area contributed by atoms with Gasteiger partial charge in [0.05, 0.1) is 12.8 Å². The number of aryl methyl sites for hydroxylation is 1. The van der Waals surface area contributed by atoms with Crippen molar-refractivity contribution in [2.24, 2.45) is 0 Å². The quantitative estimate of drug-likeness (QED) is 0.241. The third-order valence-electron chi connectivity index (χ3n) is 5.21. The molecule has 0 saturated heterocycles. The first-order chi connectivity index (χ1) is 16.6. The lowest BCUT2D eigenvalue weighted by atomic mass is 10.2. The number of hydrogen-bond acceptors (Lipinski definition) is 8. The van der Waals surface area contributed by atoms with E-state index in [1.807, 2.05) is 30.5 Å². The first kappa shape index (κ1) is 21.4. The second-order valence-corrected chi connectivity index (χ2v) is 7.73. The van der Waals surface area contributed by atoms with Gasteiger partial charge in [-0.05, 0) is 49.2 Å². The zero-order chi connectivity index (χ0) is 23.3. The van der Waals surface area contributed by atoms with E-state index in [1.54, 1.807) is 28.9 Å². The minimum absolute atomic E-state index is 0.254. The van der Waals surface area contributed by atoms with Crippen LogP contribution in [-0.2, 0) is 13.2 Å². The number of ether oxygens (including phenoxy) is 2. The van der Waals surface area contributed by atoms with E-state index in [0.29, 0.717) is 41.5 Å². The highest BCUT2D eigenvalue weighted by molar-refractivity contribution is 5.78. The summed E-state index contributed by atoms with van der Waals surface area (Å²) in [6, 6.07) is 17.0. The number of unbranched alkanes of at least 4 members (excludes halogenated alkanes) is 1. The van der Waals surface area contributed by atoms with Gasteiger partial charge in [-0.15, -0.1) is 5.10 Å². The largest absolute Gasteiger partial charge is 0.493 e. The van der Waals surface area contributed by atoms with Crippen LogP contribution in [0.4, 0.5) is 0 Å². The Bertz CT molecular complexity index is 1550. The highest BCUT2D eigenvalue weighted by Crippen LogP contribution is 2.21. The normalized spacial score (nSPS) is 11.2. The summed E-state index contributed by atoms with van der Waals surface area (Å²) in [5, 5.41) is 9.95. The molecule has 9 heteroatoms. The van der Waals surface area contributed by atoms with Gasteiger partial charge in [-0.2, -0.15) is 0 Å². The summed E-state index contributed by atoms with van der Waals surface area (Å²) in [6.07, 6.45) is 3.52. The molecule has 3 heterocycles. The molecule has 0 bridgehead atoms. The Morgan fingerprint density at radius 3 is 2.06 bits per heavy atom. The molecule has 0 atom stereocenters. The summed E-state index contributed by atoms with van der Waals surface area (Å²) in [7, 11) is 0. The van der Waals surface area contributed by atoms with E-state index in [4.69, 9.17) is 18.3 Å². The van der Waals surface area contributed by atoms with E-state index < -0.39 is 5.63 Å². The van der Waals surface area contributed by atoms with Crippen LogP contribution in [0.25, 0.3) is 21.9 Å². The molecule has 0 aliphatic heterocycles. The Morgan fingerprint density at radius 2 is 1.38 bits per heavy atom. The topological polar surface area (TPSA) is 110 Å². The average molecular weight is 459 g/mol. The molecule has 34 heavy (non-hydrogen) atoms. The first-order valence-electron chi connectivity index (χ1n) is 10.8. The molecule has 172 valence electrons. The van der Waals surface area contributed by atoms with Crippen molar-refractivity contribution in [3.05, 3.63) is 93.4 Å². The van der Waals surface area contributed by atoms with Gasteiger partial charge in [0.15, 0.2) is 0 Å². The van der Waals surface area contributed by atoms with Gasteiger partial charge in [-0.1, -0.05) is 5.21 Å². The van der Waals surface area contributed by atoms with Crippen molar-refractivity contribution in [1.29, 1.82) is 0 Å². The van der Waals surface area contributed by atoms with E-state index >= 15 is 0 Å². The standard InChI is InChI=1S/C25H21N3O6/c29-24-9-5-17-3-7-20(13-22(17)33-24)31-12-2-1-11-28-15-19(26-27-28)16-32-21-8-4-18-6-10-25(30)34-23(18)14-21/h3-10,13-15H,1-2,11-12,16H2. The van der Waals surface area contributed by atoms with Crippen molar-refractivity contribution in [2.45, 2.75) is 26.0 Å². The lowest BCUT2D eigenvalue weighted by Gasteiger charge is -2.07. The summed E-state index contributed by atoms with van der Waals surface area (Å²) in [4.78, 5) is 22.7. The molecular weight excluding hydrogens is 438 g/mol. The molecule has 5 rings (SSSR count). The molecule has 0 aliphatic carbocycles. The van der Waals surface area contributed by atoms with Crippen LogP contribution in [0.15, 0.2) is 85.3 Å². The average Bonchev–Trinajstić information content (AvgIpc) is 3.29. The Labute approximate surface area is 193 Å². The van der Waals surface area contributed by atoms with E-state index in [0.717, 1.165) is 23.6 Å². The van der Waals surface area contributed by atoms with Gasteiger partial charge < -0.3 is 18.3 Å². The maximum Gasteiger partial charge on any atom is 0.336 e. The predicted octanol–water partition coefficient (Wildman–Crippen LogP) is 3.93. The molecule has 0 fully saturated rings. The predicted molar refractivity (Wildman–Crippen MR) is 124 cm³/mol. The molecule has 0 spiro atoms. The lowest BCUT2D eigenvalue weighted by Crippen LogP contribution is -2.03. The van der Waals surface area contributed by atoms with Crippen LogP contribution in [0, 0.1) is 0 Å². The smallest absolute Gasteiger partial charge is 0.336 e. The van der Waals surface area contributed by atoms with E-state index in [-0.39, 0.29) is 12.2 Å². The maximum atomic E-state index is 11.4. The van der Waals surface area contributed by atoms with Crippen molar-refractivity contribution in [2.75, 3.05) is 6.61 Å². The number of benzene rings is 2. The third-order valence-corrected chi connectivity index (χ3v) is 5.21. The van der Waals surface area contributed by atoms with Crippen LogP contribution in [0.5, 0.6) is 11.5 Å². The Balaban J connectivity index is 1.07. The van der Waals surface area contributed by atoms with Crippen LogP contribution < -0.4 is 20.7 Å². The van der Waals surface area contributed by atoms with E-state index in [1.165, 1.54) is 12.1 Å². The minimum Gasteiger partial charge on any atom is -0.493 e. The van der Waals surface area contributed by atoms with Gasteiger partial charge in [0, 0.05) is 41.6 Å². The molecule has 0 unspecified atom stereocenters. The van der Waals surface area contributed by atoms with Gasteiger partial charge in [-0.3, -0.25) is 4.68 Å². The molecule has 5 aromatic rings. The van der Waals surface area contributed by atoms with Crippen molar-refractivity contribution < 1.29 is 18.3 Å². The number of hydrogen-bond donors (Lipinski definition) is 0. The van der Waals surface area contributed by atoms with Crippen LogP contribution in [0.2, 0.25) is 0 Å².